The van der Waals surface area contributed by atoms with Crippen LogP contribution < -0.4 is 15.4 Å². The number of amides is 1. The Morgan fingerprint density at radius 1 is 1.38 bits per heavy atom. The number of anilines is 1. The van der Waals surface area contributed by atoms with Crippen molar-refractivity contribution in [3.63, 3.8) is 0 Å². The summed E-state index contributed by atoms with van der Waals surface area (Å²) < 4.78 is 5.61. The Morgan fingerprint density at radius 2 is 2.10 bits per heavy atom. The van der Waals surface area contributed by atoms with Crippen molar-refractivity contribution >= 4 is 11.6 Å². The second-order valence-corrected chi connectivity index (χ2v) is 6.06. The number of carbonyl (C=O) groups excluding carboxylic acids is 1. The standard InChI is InChI=1S/C17H26N2O2/c1-4-17(10-5-11-18-12-17)16(20)19-14-6-8-15(9-7-14)21-13(2)3/h6-9,13,18H,4-5,10-12H2,1-3H3,(H,19,20). The second kappa shape index (κ2) is 6.94. The lowest BCUT2D eigenvalue weighted by Crippen LogP contribution is -2.47. The Balaban J connectivity index is 2.01. The molecule has 1 amide bonds. The minimum absolute atomic E-state index is 0.120. The number of nitrogens with one attached hydrogen (secondary N) is 2. The molecule has 1 heterocycles. The summed E-state index contributed by atoms with van der Waals surface area (Å²) in [5.41, 5.74) is 0.556. The van der Waals surface area contributed by atoms with Crippen molar-refractivity contribution in [2.75, 3.05) is 18.4 Å². The summed E-state index contributed by atoms with van der Waals surface area (Å²) in [5.74, 6) is 0.947. The van der Waals surface area contributed by atoms with Crippen LogP contribution in [0, 0.1) is 5.41 Å². The number of benzene rings is 1. The van der Waals surface area contributed by atoms with E-state index in [1.165, 1.54) is 0 Å². The Morgan fingerprint density at radius 3 is 2.62 bits per heavy atom. The SMILES string of the molecule is CCC1(C(=O)Nc2ccc(OC(C)C)cc2)CCCNC1. The second-order valence-electron chi connectivity index (χ2n) is 6.06. The van der Waals surface area contributed by atoms with E-state index >= 15 is 0 Å². The number of piperidine rings is 1. The molecule has 1 saturated heterocycles. The molecule has 0 radical (unpaired) electrons. The van der Waals surface area contributed by atoms with Crippen molar-refractivity contribution in [2.45, 2.75) is 46.1 Å². The maximum absolute atomic E-state index is 12.6. The summed E-state index contributed by atoms with van der Waals surface area (Å²) in [6.45, 7) is 7.86. The third-order valence-corrected chi connectivity index (χ3v) is 4.11. The smallest absolute Gasteiger partial charge is 0.231 e. The van der Waals surface area contributed by atoms with Crippen LogP contribution in [0.5, 0.6) is 5.75 Å². The molecule has 1 unspecified atom stereocenters. The van der Waals surface area contributed by atoms with Gasteiger partial charge in [0, 0.05) is 12.2 Å². The van der Waals surface area contributed by atoms with Gasteiger partial charge in [0.1, 0.15) is 5.75 Å². The van der Waals surface area contributed by atoms with Crippen molar-refractivity contribution in [1.29, 1.82) is 0 Å². The van der Waals surface area contributed by atoms with Crippen LogP contribution in [-0.2, 0) is 4.79 Å². The van der Waals surface area contributed by atoms with Gasteiger partial charge < -0.3 is 15.4 Å². The van der Waals surface area contributed by atoms with Crippen LogP contribution in [0.1, 0.15) is 40.0 Å². The molecule has 0 aromatic heterocycles. The fourth-order valence-electron chi connectivity index (χ4n) is 2.78. The number of hydrogen-bond donors (Lipinski definition) is 2. The zero-order valence-corrected chi connectivity index (χ0v) is 13.2. The fourth-order valence-corrected chi connectivity index (χ4v) is 2.78. The van der Waals surface area contributed by atoms with Gasteiger partial charge in [-0.05, 0) is 63.9 Å². The highest BCUT2D eigenvalue weighted by atomic mass is 16.5. The van der Waals surface area contributed by atoms with E-state index in [2.05, 4.69) is 17.6 Å². The first-order chi connectivity index (χ1) is 10.1. The molecule has 4 heteroatoms. The van der Waals surface area contributed by atoms with Gasteiger partial charge in [0.2, 0.25) is 5.91 Å². The zero-order valence-electron chi connectivity index (χ0n) is 13.2. The predicted molar refractivity (Wildman–Crippen MR) is 85.7 cm³/mol. The van der Waals surface area contributed by atoms with Gasteiger partial charge in [-0.3, -0.25) is 4.79 Å². The number of hydrogen-bond acceptors (Lipinski definition) is 3. The van der Waals surface area contributed by atoms with Crippen LogP contribution in [0.25, 0.3) is 0 Å². The summed E-state index contributed by atoms with van der Waals surface area (Å²) in [7, 11) is 0. The Kier molecular flexibility index (Phi) is 5.23. The van der Waals surface area contributed by atoms with E-state index in [1.54, 1.807) is 0 Å². The van der Waals surface area contributed by atoms with Crippen molar-refractivity contribution < 1.29 is 9.53 Å². The van der Waals surface area contributed by atoms with E-state index in [9.17, 15) is 4.79 Å². The van der Waals surface area contributed by atoms with Crippen molar-refractivity contribution in [3.05, 3.63) is 24.3 Å². The summed E-state index contributed by atoms with van der Waals surface area (Å²) in [4.78, 5) is 12.6. The number of ether oxygens (including phenoxy) is 1. The van der Waals surface area contributed by atoms with Gasteiger partial charge in [-0.25, -0.2) is 0 Å². The first-order valence-corrected chi connectivity index (χ1v) is 7.84. The third-order valence-electron chi connectivity index (χ3n) is 4.11. The van der Waals surface area contributed by atoms with Gasteiger partial charge in [0.15, 0.2) is 0 Å². The van der Waals surface area contributed by atoms with Crippen LogP contribution in [0.2, 0.25) is 0 Å². The molecule has 0 saturated carbocycles. The molecule has 2 rings (SSSR count). The monoisotopic (exact) mass is 290 g/mol. The average Bonchev–Trinajstić information content (AvgIpc) is 2.49. The lowest BCUT2D eigenvalue weighted by atomic mass is 9.77. The van der Waals surface area contributed by atoms with Crippen LogP contribution in [0.4, 0.5) is 5.69 Å². The molecular weight excluding hydrogens is 264 g/mol. The molecular formula is C17H26N2O2. The van der Waals surface area contributed by atoms with E-state index in [-0.39, 0.29) is 17.4 Å². The van der Waals surface area contributed by atoms with Crippen LogP contribution in [0.15, 0.2) is 24.3 Å². The van der Waals surface area contributed by atoms with E-state index in [1.807, 2.05) is 38.1 Å². The maximum atomic E-state index is 12.6. The molecule has 116 valence electrons. The number of carbonyl (C=O) groups is 1. The summed E-state index contributed by atoms with van der Waals surface area (Å²) in [6, 6.07) is 7.59. The third kappa shape index (κ3) is 3.97. The average molecular weight is 290 g/mol. The molecule has 1 aliphatic rings. The molecule has 1 fully saturated rings. The highest BCUT2D eigenvalue weighted by molar-refractivity contribution is 5.95. The van der Waals surface area contributed by atoms with Crippen LogP contribution >= 0.6 is 0 Å². The first-order valence-electron chi connectivity index (χ1n) is 7.84. The lowest BCUT2D eigenvalue weighted by molar-refractivity contribution is -0.126. The normalized spacial score (nSPS) is 22.1. The minimum atomic E-state index is -0.272. The number of rotatable bonds is 5. The molecule has 0 aliphatic carbocycles. The summed E-state index contributed by atoms with van der Waals surface area (Å²) >= 11 is 0. The summed E-state index contributed by atoms with van der Waals surface area (Å²) in [6.07, 6.45) is 3.03. The van der Waals surface area contributed by atoms with Crippen molar-refractivity contribution in [2.24, 2.45) is 5.41 Å². The topological polar surface area (TPSA) is 50.4 Å². The first kappa shape index (κ1) is 15.8. The minimum Gasteiger partial charge on any atom is -0.491 e. The maximum Gasteiger partial charge on any atom is 0.231 e. The molecule has 21 heavy (non-hydrogen) atoms. The lowest BCUT2D eigenvalue weighted by Gasteiger charge is -2.35. The molecule has 1 aliphatic heterocycles. The van der Waals surface area contributed by atoms with Gasteiger partial charge in [0.05, 0.1) is 11.5 Å². The van der Waals surface area contributed by atoms with Crippen molar-refractivity contribution in [1.82, 2.24) is 5.32 Å². The summed E-state index contributed by atoms with van der Waals surface area (Å²) in [5, 5.41) is 6.39. The van der Waals surface area contributed by atoms with E-state index in [0.717, 1.165) is 43.8 Å². The molecule has 1 aromatic rings. The molecule has 2 N–H and O–H groups in total. The Bertz CT molecular complexity index is 462. The molecule has 4 nitrogen and oxygen atoms in total. The Labute approximate surface area is 127 Å². The fraction of sp³-hybridized carbons (Fsp3) is 0.588. The molecule has 1 aromatic carbocycles. The highest BCUT2D eigenvalue weighted by Gasteiger charge is 2.37. The molecule has 1 atom stereocenters. The van der Waals surface area contributed by atoms with E-state index < -0.39 is 0 Å². The largest absolute Gasteiger partial charge is 0.491 e. The van der Waals surface area contributed by atoms with E-state index in [0.29, 0.717) is 0 Å². The molecule has 0 spiro atoms. The van der Waals surface area contributed by atoms with Gasteiger partial charge >= 0.3 is 0 Å². The van der Waals surface area contributed by atoms with Gasteiger partial charge in [-0.2, -0.15) is 0 Å². The van der Waals surface area contributed by atoms with Gasteiger partial charge in [-0.1, -0.05) is 6.92 Å². The predicted octanol–water partition coefficient (Wildman–Crippen LogP) is 3.19. The Hall–Kier alpha value is -1.55. The van der Waals surface area contributed by atoms with E-state index in [4.69, 9.17) is 4.74 Å². The van der Waals surface area contributed by atoms with Crippen molar-refractivity contribution in [3.8, 4) is 5.75 Å². The van der Waals surface area contributed by atoms with Gasteiger partial charge in [0.25, 0.3) is 0 Å². The van der Waals surface area contributed by atoms with Gasteiger partial charge in [-0.15, -0.1) is 0 Å². The molecule has 0 bridgehead atoms. The highest BCUT2D eigenvalue weighted by Crippen LogP contribution is 2.31. The quantitative estimate of drug-likeness (QED) is 0.875. The van der Waals surface area contributed by atoms with Crippen LogP contribution in [0.3, 0.4) is 0 Å². The van der Waals surface area contributed by atoms with Crippen LogP contribution in [-0.4, -0.2) is 25.1 Å². The zero-order chi connectivity index (χ0) is 15.3.